The average molecular weight is 207 g/mol. The molecule has 2 N–H and O–H groups in total. The molecule has 3 unspecified atom stereocenters. The van der Waals surface area contributed by atoms with Gasteiger partial charge in [0.1, 0.15) is 0 Å². The summed E-state index contributed by atoms with van der Waals surface area (Å²) >= 11 is 0. The first-order chi connectivity index (χ1) is 7.22. The molecule has 4 nitrogen and oxygen atoms in total. The average Bonchev–Trinajstić information content (AvgIpc) is 2.85. The Bertz CT molecular complexity index is 297. The maximum atomic E-state index is 11.0. The highest BCUT2D eigenvalue weighted by Crippen LogP contribution is 2.32. The van der Waals surface area contributed by atoms with Gasteiger partial charge in [0, 0.05) is 12.6 Å². The number of nitriles is 1. The van der Waals surface area contributed by atoms with E-state index in [0.717, 1.165) is 38.8 Å². The molecular formula is C11H17N3O. The molecule has 82 valence electrons. The van der Waals surface area contributed by atoms with Crippen LogP contribution in [-0.2, 0) is 4.79 Å². The quantitative estimate of drug-likeness (QED) is 0.716. The van der Waals surface area contributed by atoms with E-state index in [0.29, 0.717) is 6.04 Å². The Kier molecular flexibility index (Phi) is 2.92. The monoisotopic (exact) mass is 207 g/mol. The first-order valence-corrected chi connectivity index (χ1v) is 5.65. The van der Waals surface area contributed by atoms with Crippen molar-refractivity contribution >= 4 is 5.91 Å². The molecule has 3 atom stereocenters. The summed E-state index contributed by atoms with van der Waals surface area (Å²) in [5.41, 5.74) is 5.30. The zero-order chi connectivity index (χ0) is 10.8. The Morgan fingerprint density at radius 2 is 2.20 bits per heavy atom. The maximum absolute atomic E-state index is 11.0. The SMILES string of the molecule is N#CC1CCCC1N1CCC(C(N)=O)C1. The first kappa shape index (κ1) is 10.4. The molecule has 1 aliphatic carbocycles. The third-order valence-electron chi connectivity index (χ3n) is 3.74. The van der Waals surface area contributed by atoms with Crippen molar-refractivity contribution in [2.75, 3.05) is 13.1 Å². The highest BCUT2D eigenvalue weighted by Gasteiger charge is 2.37. The lowest BCUT2D eigenvalue weighted by Crippen LogP contribution is -2.37. The summed E-state index contributed by atoms with van der Waals surface area (Å²) in [4.78, 5) is 13.3. The fraction of sp³-hybridized carbons (Fsp3) is 0.818. The first-order valence-electron chi connectivity index (χ1n) is 5.65. The molecule has 0 radical (unpaired) electrons. The maximum Gasteiger partial charge on any atom is 0.221 e. The van der Waals surface area contributed by atoms with Crippen LogP contribution in [0.5, 0.6) is 0 Å². The zero-order valence-corrected chi connectivity index (χ0v) is 8.85. The Labute approximate surface area is 90.0 Å². The lowest BCUT2D eigenvalue weighted by atomic mass is 10.0. The number of nitrogens with zero attached hydrogens (tertiary/aromatic N) is 2. The lowest BCUT2D eigenvalue weighted by Gasteiger charge is -2.25. The van der Waals surface area contributed by atoms with Crippen molar-refractivity contribution in [2.24, 2.45) is 17.6 Å². The molecule has 2 fully saturated rings. The van der Waals surface area contributed by atoms with Crippen molar-refractivity contribution in [2.45, 2.75) is 31.7 Å². The van der Waals surface area contributed by atoms with E-state index in [-0.39, 0.29) is 17.7 Å². The van der Waals surface area contributed by atoms with Crippen molar-refractivity contribution in [3.05, 3.63) is 0 Å². The Balaban J connectivity index is 1.96. The van der Waals surface area contributed by atoms with Gasteiger partial charge in [0.25, 0.3) is 0 Å². The fourth-order valence-corrected chi connectivity index (χ4v) is 2.85. The summed E-state index contributed by atoms with van der Waals surface area (Å²) < 4.78 is 0. The molecule has 15 heavy (non-hydrogen) atoms. The van der Waals surface area contributed by atoms with Crippen LogP contribution in [-0.4, -0.2) is 29.9 Å². The molecule has 1 aliphatic heterocycles. The summed E-state index contributed by atoms with van der Waals surface area (Å²) in [6.45, 7) is 1.69. The van der Waals surface area contributed by atoms with E-state index < -0.39 is 0 Å². The van der Waals surface area contributed by atoms with Crippen LogP contribution in [0.4, 0.5) is 0 Å². The predicted molar refractivity (Wildman–Crippen MR) is 55.6 cm³/mol. The number of likely N-dealkylation sites (tertiary alicyclic amines) is 1. The van der Waals surface area contributed by atoms with Crippen LogP contribution in [0.1, 0.15) is 25.7 Å². The van der Waals surface area contributed by atoms with Crippen LogP contribution in [0.25, 0.3) is 0 Å². The molecule has 1 saturated heterocycles. The Hall–Kier alpha value is -1.08. The van der Waals surface area contributed by atoms with Crippen molar-refractivity contribution < 1.29 is 4.79 Å². The molecule has 1 amide bonds. The van der Waals surface area contributed by atoms with E-state index in [4.69, 9.17) is 11.0 Å². The van der Waals surface area contributed by atoms with Gasteiger partial charge in [-0.3, -0.25) is 9.69 Å². The summed E-state index contributed by atoms with van der Waals surface area (Å²) in [7, 11) is 0. The Morgan fingerprint density at radius 3 is 2.80 bits per heavy atom. The van der Waals surface area contributed by atoms with Crippen LogP contribution in [0.3, 0.4) is 0 Å². The van der Waals surface area contributed by atoms with Crippen LogP contribution in [0.2, 0.25) is 0 Å². The number of amides is 1. The van der Waals surface area contributed by atoms with Gasteiger partial charge in [-0.25, -0.2) is 0 Å². The summed E-state index contributed by atoms with van der Waals surface area (Å²) in [5.74, 6) is -0.0226. The molecule has 4 heteroatoms. The van der Waals surface area contributed by atoms with Crippen LogP contribution in [0, 0.1) is 23.2 Å². The predicted octanol–water partition coefficient (Wildman–Crippen LogP) is 0.486. The lowest BCUT2D eigenvalue weighted by molar-refractivity contribution is -0.121. The van der Waals surface area contributed by atoms with Gasteiger partial charge in [-0.2, -0.15) is 5.26 Å². The number of hydrogen-bond donors (Lipinski definition) is 1. The van der Waals surface area contributed by atoms with Gasteiger partial charge in [-0.15, -0.1) is 0 Å². The van der Waals surface area contributed by atoms with Gasteiger partial charge in [-0.1, -0.05) is 6.42 Å². The van der Waals surface area contributed by atoms with E-state index >= 15 is 0 Å². The van der Waals surface area contributed by atoms with Gasteiger partial charge in [-0.05, 0) is 25.8 Å². The molecule has 0 spiro atoms. The summed E-state index contributed by atoms with van der Waals surface area (Å²) in [5, 5.41) is 9.00. The van der Waals surface area contributed by atoms with Crippen LogP contribution >= 0.6 is 0 Å². The number of nitrogens with two attached hydrogens (primary N) is 1. The van der Waals surface area contributed by atoms with Crippen molar-refractivity contribution in [3.8, 4) is 6.07 Å². The molecule has 0 aromatic rings. The fourth-order valence-electron chi connectivity index (χ4n) is 2.85. The van der Waals surface area contributed by atoms with Gasteiger partial charge in [0.15, 0.2) is 0 Å². The number of rotatable bonds is 2. The molecule has 0 aromatic heterocycles. The van der Waals surface area contributed by atoms with E-state index in [1.54, 1.807) is 0 Å². The molecule has 0 aromatic carbocycles. The molecule has 1 heterocycles. The van der Waals surface area contributed by atoms with Crippen molar-refractivity contribution in [1.82, 2.24) is 4.90 Å². The minimum absolute atomic E-state index is 0.00458. The second-order valence-electron chi connectivity index (χ2n) is 4.62. The molecule has 1 saturated carbocycles. The third kappa shape index (κ3) is 1.98. The van der Waals surface area contributed by atoms with E-state index in [9.17, 15) is 4.79 Å². The van der Waals surface area contributed by atoms with Gasteiger partial charge in [0.2, 0.25) is 5.91 Å². The highest BCUT2D eigenvalue weighted by atomic mass is 16.1. The number of primary amides is 1. The number of hydrogen-bond acceptors (Lipinski definition) is 3. The van der Waals surface area contributed by atoms with Crippen molar-refractivity contribution in [1.29, 1.82) is 5.26 Å². The third-order valence-corrected chi connectivity index (χ3v) is 3.74. The molecule has 2 rings (SSSR count). The van der Waals surface area contributed by atoms with Gasteiger partial charge >= 0.3 is 0 Å². The van der Waals surface area contributed by atoms with Gasteiger partial charge in [0.05, 0.1) is 17.9 Å². The largest absolute Gasteiger partial charge is 0.369 e. The van der Waals surface area contributed by atoms with Crippen molar-refractivity contribution in [3.63, 3.8) is 0 Å². The minimum Gasteiger partial charge on any atom is -0.369 e. The molecule has 0 bridgehead atoms. The Morgan fingerprint density at radius 1 is 1.40 bits per heavy atom. The van der Waals surface area contributed by atoms with Gasteiger partial charge < -0.3 is 5.73 Å². The normalized spacial score (nSPS) is 36.6. The second-order valence-corrected chi connectivity index (χ2v) is 4.62. The zero-order valence-electron chi connectivity index (χ0n) is 8.85. The number of carbonyl (C=O) groups is 1. The van der Waals surface area contributed by atoms with E-state index in [1.165, 1.54) is 0 Å². The highest BCUT2D eigenvalue weighted by molar-refractivity contribution is 5.77. The summed E-state index contributed by atoms with van der Waals surface area (Å²) in [6, 6.07) is 2.75. The number of carbonyl (C=O) groups excluding carboxylic acids is 1. The smallest absolute Gasteiger partial charge is 0.221 e. The second kappa shape index (κ2) is 4.19. The summed E-state index contributed by atoms with van der Waals surface area (Å²) in [6.07, 6.45) is 4.12. The van der Waals surface area contributed by atoms with Crippen LogP contribution in [0.15, 0.2) is 0 Å². The van der Waals surface area contributed by atoms with E-state index in [2.05, 4.69) is 11.0 Å². The molecular weight excluding hydrogens is 190 g/mol. The standard InChI is InChI=1S/C11H17N3O/c12-6-8-2-1-3-10(8)14-5-4-9(7-14)11(13)15/h8-10H,1-5,7H2,(H2,13,15). The van der Waals surface area contributed by atoms with E-state index in [1.807, 2.05) is 0 Å². The topological polar surface area (TPSA) is 70.1 Å². The molecule has 2 aliphatic rings. The minimum atomic E-state index is -0.191. The van der Waals surface area contributed by atoms with Crippen LogP contribution < -0.4 is 5.73 Å².